The van der Waals surface area contributed by atoms with Crippen LogP contribution in [0, 0.1) is 0 Å². The average molecular weight is 292 g/mol. The molecular formula is C20H24N2. The van der Waals surface area contributed by atoms with Crippen molar-refractivity contribution in [1.29, 1.82) is 0 Å². The van der Waals surface area contributed by atoms with Gasteiger partial charge in [-0.2, -0.15) is 0 Å². The number of benzene rings is 2. The number of rotatable bonds is 5. The molecule has 22 heavy (non-hydrogen) atoms. The Morgan fingerprint density at radius 3 is 1.36 bits per heavy atom. The summed E-state index contributed by atoms with van der Waals surface area (Å²) in [5, 5.41) is 0. The zero-order valence-corrected chi connectivity index (χ0v) is 13.9. The Labute approximate surface area is 134 Å². The average Bonchev–Trinajstić information content (AvgIpc) is 2.53. The monoisotopic (exact) mass is 292 g/mol. The van der Waals surface area contributed by atoms with E-state index in [0.29, 0.717) is 0 Å². The minimum Gasteiger partial charge on any atom is -0.378 e. The Balaban J connectivity index is 2.38. The van der Waals surface area contributed by atoms with Crippen molar-refractivity contribution < 1.29 is 0 Å². The largest absolute Gasteiger partial charge is 0.378 e. The van der Waals surface area contributed by atoms with Crippen LogP contribution in [0.4, 0.5) is 11.4 Å². The number of allylic oxidation sites excluding steroid dienone is 2. The van der Waals surface area contributed by atoms with Crippen molar-refractivity contribution in [2.45, 2.75) is 0 Å². The summed E-state index contributed by atoms with van der Waals surface area (Å²) in [4.78, 5) is 4.21. The summed E-state index contributed by atoms with van der Waals surface area (Å²) in [7, 11) is 8.20. The normalized spacial score (nSPS) is 10.0. The predicted molar refractivity (Wildman–Crippen MR) is 98.8 cm³/mol. The Kier molecular flexibility index (Phi) is 5.05. The van der Waals surface area contributed by atoms with Crippen molar-refractivity contribution in [3.63, 3.8) is 0 Å². The SMILES string of the molecule is C=CC=C(c1ccc(N(C)C)cc1)c1ccc(N(C)C)cc1. The second-order valence-electron chi connectivity index (χ2n) is 5.70. The third-order valence-electron chi connectivity index (χ3n) is 3.67. The van der Waals surface area contributed by atoms with Crippen LogP contribution in [0.25, 0.3) is 5.57 Å². The van der Waals surface area contributed by atoms with Gasteiger partial charge in [0, 0.05) is 39.6 Å². The van der Waals surface area contributed by atoms with E-state index in [9.17, 15) is 0 Å². The molecule has 0 fully saturated rings. The van der Waals surface area contributed by atoms with Crippen LogP contribution in [0.1, 0.15) is 11.1 Å². The number of anilines is 2. The van der Waals surface area contributed by atoms with Gasteiger partial charge >= 0.3 is 0 Å². The summed E-state index contributed by atoms with van der Waals surface area (Å²) in [5.41, 5.74) is 5.98. The molecule has 2 nitrogen and oxygen atoms in total. The van der Waals surface area contributed by atoms with Crippen LogP contribution in [0.3, 0.4) is 0 Å². The predicted octanol–water partition coefficient (Wildman–Crippen LogP) is 4.44. The molecule has 0 aliphatic heterocycles. The highest BCUT2D eigenvalue weighted by Crippen LogP contribution is 2.27. The first-order chi connectivity index (χ1) is 10.5. The van der Waals surface area contributed by atoms with Gasteiger partial charge in [0.15, 0.2) is 0 Å². The maximum atomic E-state index is 3.85. The van der Waals surface area contributed by atoms with Gasteiger partial charge in [-0.15, -0.1) is 0 Å². The fourth-order valence-corrected chi connectivity index (χ4v) is 2.36. The van der Waals surface area contributed by atoms with Crippen molar-refractivity contribution >= 4 is 16.9 Å². The Hall–Kier alpha value is -2.48. The van der Waals surface area contributed by atoms with Crippen molar-refractivity contribution in [1.82, 2.24) is 0 Å². The maximum absolute atomic E-state index is 3.85. The molecule has 0 N–H and O–H groups in total. The molecule has 114 valence electrons. The molecule has 0 spiro atoms. The van der Waals surface area contributed by atoms with Crippen LogP contribution in [0.2, 0.25) is 0 Å². The molecule has 0 radical (unpaired) electrons. The minimum atomic E-state index is 1.19. The highest BCUT2D eigenvalue weighted by Gasteiger charge is 2.06. The van der Waals surface area contributed by atoms with Crippen LogP contribution < -0.4 is 9.80 Å². The summed E-state index contributed by atoms with van der Waals surface area (Å²) >= 11 is 0. The third kappa shape index (κ3) is 3.59. The van der Waals surface area contributed by atoms with E-state index in [4.69, 9.17) is 0 Å². The van der Waals surface area contributed by atoms with Crippen LogP contribution in [0.15, 0.2) is 67.3 Å². The summed E-state index contributed by atoms with van der Waals surface area (Å²) in [6, 6.07) is 17.2. The first-order valence-electron chi connectivity index (χ1n) is 7.41. The van der Waals surface area contributed by atoms with Gasteiger partial charge in [-0.05, 0) is 41.0 Å². The van der Waals surface area contributed by atoms with Gasteiger partial charge in [-0.25, -0.2) is 0 Å². The van der Waals surface area contributed by atoms with Crippen LogP contribution in [-0.4, -0.2) is 28.2 Å². The van der Waals surface area contributed by atoms with E-state index in [0.717, 1.165) is 0 Å². The van der Waals surface area contributed by atoms with E-state index in [1.54, 1.807) is 0 Å². The Bertz CT molecular complexity index is 594. The van der Waals surface area contributed by atoms with Gasteiger partial charge in [0.25, 0.3) is 0 Å². The topological polar surface area (TPSA) is 6.48 Å². The van der Waals surface area contributed by atoms with E-state index in [1.165, 1.54) is 28.1 Å². The second-order valence-corrected chi connectivity index (χ2v) is 5.70. The number of hydrogen-bond donors (Lipinski definition) is 0. The molecule has 0 aliphatic carbocycles. The number of hydrogen-bond acceptors (Lipinski definition) is 2. The molecule has 2 rings (SSSR count). The summed E-state index contributed by atoms with van der Waals surface area (Å²) in [6.45, 7) is 3.85. The van der Waals surface area contributed by atoms with Crippen molar-refractivity contribution in [2.24, 2.45) is 0 Å². The molecule has 0 heterocycles. The highest BCUT2D eigenvalue weighted by atomic mass is 15.1. The lowest BCUT2D eigenvalue weighted by molar-refractivity contribution is 1.13. The maximum Gasteiger partial charge on any atom is 0.0361 e. The van der Waals surface area contributed by atoms with E-state index in [-0.39, 0.29) is 0 Å². The molecule has 0 atom stereocenters. The highest BCUT2D eigenvalue weighted by molar-refractivity contribution is 5.82. The minimum absolute atomic E-state index is 1.19. The van der Waals surface area contributed by atoms with Crippen LogP contribution in [-0.2, 0) is 0 Å². The van der Waals surface area contributed by atoms with Crippen LogP contribution in [0.5, 0.6) is 0 Å². The van der Waals surface area contributed by atoms with E-state index >= 15 is 0 Å². The molecule has 0 bridgehead atoms. The Morgan fingerprint density at radius 2 is 1.09 bits per heavy atom. The molecule has 0 saturated heterocycles. The lowest BCUT2D eigenvalue weighted by Crippen LogP contribution is -2.08. The van der Waals surface area contributed by atoms with Gasteiger partial charge in [0.1, 0.15) is 0 Å². The lowest BCUT2D eigenvalue weighted by Gasteiger charge is -2.15. The molecule has 2 aromatic carbocycles. The quantitative estimate of drug-likeness (QED) is 0.752. The summed E-state index contributed by atoms with van der Waals surface area (Å²) in [6.07, 6.45) is 3.91. The molecular weight excluding hydrogens is 268 g/mol. The standard InChI is InChI=1S/C20H24N2/c1-6-7-20(16-8-12-18(13-9-16)21(2)3)17-10-14-19(15-11-17)22(4)5/h6-15H,1H2,2-5H3. The zero-order valence-electron chi connectivity index (χ0n) is 13.9. The van der Waals surface area contributed by atoms with Crippen molar-refractivity contribution in [3.8, 4) is 0 Å². The van der Waals surface area contributed by atoms with Gasteiger partial charge < -0.3 is 9.80 Å². The van der Waals surface area contributed by atoms with E-state index in [1.807, 2.05) is 6.08 Å². The van der Waals surface area contributed by atoms with Crippen molar-refractivity contribution in [2.75, 3.05) is 38.0 Å². The second kappa shape index (κ2) is 6.99. The van der Waals surface area contributed by atoms with E-state index in [2.05, 4.69) is 99.2 Å². The van der Waals surface area contributed by atoms with Crippen LogP contribution >= 0.6 is 0 Å². The zero-order chi connectivity index (χ0) is 16.1. The summed E-state index contributed by atoms with van der Waals surface area (Å²) in [5.74, 6) is 0. The molecule has 0 amide bonds. The van der Waals surface area contributed by atoms with Gasteiger partial charge in [0.2, 0.25) is 0 Å². The third-order valence-corrected chi connectivity index (χ3v) is 3.67. The Morgan fingerprint density at radius 1 is 0.727 bits per heavy atom. The fourth-order valence-electron chi connectivity index (χ4n) is 2.36. The van der Waals surface area contributed by atoms with Gasteiger partial charge in [-0.1, -0.05) is 43.0 Å². The molecule has 2 aromatic rings. The number of nitrogens with zero attached hydrogens (tertiary/aromatic N) is 2. The molecule has 2 heteroatoms. The molecule has 0 aliphatic rings. The first-order valence-corrected chi connectivity index (χ1v) is 7.41. The molecule has 0 saturated carbocycles. The summed E-state index contributed by atoms with van der Waals surface area (Å²) < 4.78 is 0. The van der Waals surface area contributed by atoms with E-state index < -0.39 is 0 Å². The fraction of sp³-hybridized carbons (Fsp3) is 0.200. The first kappa shape index (κ1) is 15.9. The smallest absolute Gasteiger partial charge is 0.0361 e. The van der Waals surface area contributed by atoms with Gasteiger partial charge in [-0.3, -0.25) is 0 Å². The van der Waals surface area contributed by atoms with Gasteiger partial charge in [0.05, 0.1) is 0 Å². The van der Waals surface area contributed by atoms with Crippen molar-refractivity contribution in [3.05, 3.63) is 78.4 Å². The molecule has 0 unspecified atom stereocenters. The molecule has 0 aromatic heterocycles. The lowest BCUT2D eigenvalue weighted by atomic mass is 9.97.